The number of aliphatic hydroxyl groups is 7. The van der Waals surface area contributed by atoms with Crippen LogP contribution in [-0.2, 0) is 14.2 Å². The second kappa shape index (κ2) is 10.4. The van der Waals surface area contributed by atoms with Crippen molar-refractivity contribution in [2.75, 3.05) is 13.2 Å². The quantitative estimate of drug-likeness (QED) is 0.129. The van der Waals surface area contributed by atoms with Gasteiger partial charge in [0.05, 0.1) is 35.2 Å². The van der Waals surface area contributed by atoms with Gasteiger partial charge in [0.1, 0.15) is 54.6 Å². The van der Waals surface area contributed by atoms with Crippen LogP contribution in [0.4, 0.5) is 0 Å². The van der Waals surface area contributed by atoms with Gasteiger partial charge in [0.25, 0.3) is 5.56 Å². The molecule has 3 aromatic heterocycles. The van der Waals surface area contributed by atoms with Crippen molar-refractivity contribution >= 4 is 27.3 Å². The van der Waals surface area contributed by atoms with Crippen LogP contribution in [-0.4, -0.2) is 120 Å². The van der Waals surface area contributed by atoms with E-state index in [1.54, 1.807) is 36.5 Å². The van der Waals surface area contributed by atoms with Gasteiger partial charge in [0, 0.05) is 17.6 Å². The molecule has 7 N–H and O–H groups in total. The predicted octanol–water partition coefficient (Wildman–Crippen LogP) is -2.56. The maximum atomic E-state index is 12.7. The van der Waals surface area contributed by atoms with Crippen molar-refractivity contribution in [2.45, 2.75) is 61.4 Å². The van der Waals surface area contributed by atoms with Gasteiger partial charge in [-0.15, -0.1) is 0 Å². The summed E-state index contributed by atoms with van der Waals surface area (Å²) < 4.78 is 24.1. The molecule has 14 nitrogen and oxygen atoms in total. The molecule has 2 aliphatic rings. The first-order valence-corrected chi connectivity index (χ1v) is 12.6. The molecule has 0 aliphatic carbocycles. The molecule has 40 heavy (non-hydrogen) atoms. The van der Waals surface area contributed by atoms with E-state index in [2.05, 4.69) is 4.98 Å². The van der Waals surface area contributed by atoms with Gasteiger partial charge in [-0.3, -0.25) is 14.2 Å². The fourth-order valence-corrected chi connectivity index (χ4v) is 5.35. The van der Waals surface area contributed by atoms with Crippen molar-refractivity contribution in [3.05, 3.63) is 52.9 Å². The minimum atomic E-state index is -1.72. The summed E-state index contributed by atoms with van der Waals surface area (Å²) >= 11 is 0. The molecule has 1 aromatic carbocycles. The maximum absolute atomic E-state index is 12.7. The van der Waals surface area contributed by atoms with Crippen LogP contribution in [0.15, 0.2) is 47.4 Å². The Morgan fingerprint density at radius 3 is 2.27 bits per heavy atom. The Hall–Kier alpha value is -3.02. The lowest BCUT2D eigenvalue weighted by atomic mass is 9.98. The van der Waals surface area contributed by atoms with Crippen LogP contribution in [0.25, 0.3) is 27.3 Å². The number of aliphatic hydroxyl groups excluding tert-OH is 7. The monoisotopic (exact) mass is 560 g/mol. The Kier molecular flexibility index (Phi) is 7.08. The van der Waals surface area contributed by atoms with Crippen LogP contribution in [0.1, 0.15) is 0 Å². The highest BCUT2D eigenvalue weighted by Gasteiger charge is 2.48. The van der Waals surface area contributed by atoms with Crippen molar-refractivity contribution in [1.29, 1.82) is 0 Å². The Balaban J connectivity index is 1.27. The summed E-state index contributed by atoms with van der Waals surface area (Å²) in [6, 6.07) is 9.75. The van der Waals surface area contributed by atoms with Gasteiger partial charge in [-0.05, 0) is 24.3 Å². The molecule has 5 heterocycles. The zero-order valence-electron chi connectivity index (χ0n) is 20.8. The number of rotatable bonds is 6. The van der Waals surface area contributed by atoms with Crippen LogP contribution >= 0.6 is 0 Å². The highest BCUT2D eigenvalue weighted by Crippen LogP contribution is 2.37. The number of pyridine rings is 2. The lowest BCUT2D eigenvalue weighted by Gasteiger charge is -2.42. The van der Waals surface area contributed by atoms with E-state index >= 15 is 0 Å². The molecule has 0 radical (unpaired) electrons. The van der Waals surface area contributed by atoms with Gasteiger partial charge in [0.2, 0.25) is 6.29 Å². The van der Waals surface area contributed by atoms with E-state index in [9.17, 15) is 40.5 Å². The molecule has 0 bridgehead atoms. The first-order valence-electron chi connectivity index (χ1n) is 12.6. The summed E-state index contributed by atoms with van der Waals surface area (Å²) in [5, 5.41) is 72.5. The molecular weight excluding hydrogens is 532 g/mol. The van der Waals surface area contributed by atoms with Crippen LogP contribution in [0.2, 0.25) is 0 Å². The summed E-state index contributed by atoms with van der Waals surface area (Å²) in [5.74, 6) is 0.231. The molecule has 10 unspecified atom stereocenters. The molecular formula is C26H28N2O12. The van der Waals surface area contributed by atoms with Crippen LogP contribution in [0.3, 0.4) is 0 Å². The summed E-state index contributed by atoms with van der Waals surface area (Å²) in [6.45, 7) is -1.15. The average Bonchev–Trinajstić information content (AvgIpc) is 3.31. The number of benzene rings is 1. The van der Waals surface area contributed by atoms with Gasteiger partial charge in [0.15, 0.2) is 6.29 Å². The number of aromatic nitrogens is 2. The van der Waals surface area contributed by atoms with Gasteiger partial charge >= 0.3 is 0 Å². The maximum Gasteiger partial charge on any atom is 0.255 e. The molecule has 0 amide bonds. The first kappa shape index (κ1) is 27.2. The van der Waals surface area contributed by atoms with Crippen molar-refractivity contribution in [1.82, 2.24) is 9.38 Å². The average molecular weight is 561 g/mol. The smallest absolute Gasteiger partial charge is 0.255 e. The van der Waals surface area contributed by atoms with Crippen molar-refractivity contribution in [2.24, 2.45) is 0 Å². The van der Waals surface area contributed by atoms with Crippen LogP contribution in [0.5, 0.6) is 5.75 Å². The standard InChI is InChI=1S/C26H28N2O12/c29-8-14-19(31)21(33)23(35)25(39-14)37-9-15-20(32)22(34)24(36)26(40-15)38-13-3-1-2-12-17(13)10-6-7-27-11-4-5-16(30)28(12)18(10)11/h1-7,14-15,19-26,29,31-36H,8-9H2. The first-order chi connectivity index (χ1) is 19.2. The lowest BCUT2D eigenvalue weighted by molar-refractivity contribution is -0.323. The van der Waals surface area contributed by atoms with Gasteiger partial charge in [-0.25, -0.2) is 0 Å². The third kappa shape index (κ3) is 4.29. The zero-order valence-corrected chi connectivity index (χ0v) is 20.8. The third-order valence-electron chi connectivity index (χ3n) is 7.48. The van der Waals surface area contributed by atoms with Gasteiger partial charge in [-0.2, -0.15) is 0 Å². The molecule has 4 aromatic rings. The molecule has 214 valence electrons. The Bertz CT molecular complexity index is 1560. The van der Waals surface area contributed by atoms with Gasteiger partial charge < -0.3 is 54.7 Å². The van der Waals surface area contributed by atoms with E-state index in [0.717, 1.165) is 0 Å². The van der Waals surface area contributed by atoms with Crippen molar-refractivity contribution in [3.63, 3.8) is 0 Å². The van der Waals surface area contributed by atoms with E-state index in [1.807, 2.05) is 0 Å². The Labute approximate surface area is 225 Å². The second-order valence-corrected chi connectivity index (χ2v) is 9.91. The van der Waals surface area contributed by atoms with Crippen LogP contribution in [0, 0.1) is 0 Å². The normalized spacial score (nSPS) is 35.1. The molecule has 2 aliphatic heterocycles. The van der Waals surface area contributed by atoms with Crippen LogP contribution < -0.4 is 10.3 Å². The van der Waals surface area contributed by atoms with E-state index in [-0.39, 0.29) is 11.3 Å². The SMILES string of the molecule is O=c1ccc2nccc3c4c(OC5OC(COC6OC(CO)C(O)C(O)C6O)C(O)C(O)C5O)cccc4n1c23. The Morgan fingerprint density at radius 1 is 0.825 bits per heavy atom. The second-order valence-electron chi connectivity index (χ2n) is 9.91. The molecule has 2 saturated heterocycles. The number of nitrogens with zero attached hydrogens (tertiary/aromatic N) is 2. The predicted molar refractivity (Wildman–Crippen MR) is 135 cm³/mol. The largest absolute Gasteiger partial charge is 0.461 e. The molecule has 0 spiro atoms. The number of hydrogen-bond donors (Lipinski definition) is 7. The molecule has 14 heteroatoms. The summed E-state index contributed by atoms with van der Waals surface area (Å²) in [6.07, 6.45) is -13.9. The molecule has 10 atom stereocenters. The van der Waals surface area contributed by atoms with Crippen molar-refractivity contribution < 1.29 is 54.7 Å². The summed E-state index contributed by atoms with van der Waals surface area (Å²) in [4.78, 5) is 17.0. The lowest BCUT2D eigenvalue weighted by Crippen LogP contribution is -2.62. The fraction of sp³-hybridized carbons (Fsp3) is 0.462. The number of ether oxygens (including phenoxy) is 4. The van der Waals surface area contributed by atoms with E-state index in [0.29, 0.717) is 27.3 Å². The molecule has 6 rings (SSSR count). The molecule has 2 fully saturated rings. The molecule has 0 saturated carbocycles. The summed E-state index contributed by atoms with van der Waals surface area (Å²) in [5.41, 5.74) is 1.45. The highest BCUT2D eigenvalue weighted by atomic mass is 16.7. The third-order valence-corrected chi connectivity index (χ3v) is 7.48. The van der Waals surface area contributed by atoms with Gasteiger partial charge in [-0.1, -0.05) is 6.07 Å². The van der Waals surface area contributed by atoms with E-state index in [1.165, 1.54) is 10.5 Å². The topological polar surface area (TPSA) is 213 Å². The van der Waals surface area contributed by atoms with E-state index in [4.69, 9.17) is 18.9 Å². The zero-order chi connectivity index (χ0) is 28.3. The summed E-state index contributed by atoms with van der Waals surface area (Å²) in [7, 11) is 0. The fourth-order valence-electron chi connectivity index (χ4n) is 5.35. The van der Waals surface area contributed by atoms with E-state index < -0.39 is 74.6 Å². The minimum Gasteiger partial charge on any atom is -0.461 e. The number of hydrogen-bond acceptors (Lipinski definition) is 13. The van der Waals surface area contributed by atoms with Crippen molar-refractivity contribution in [3.8, 4) is 5.75 Å². The number of fused-ring (bicyclic) bond motifs is 3. The highest BCUT2D eigenvalue weighted by molar-refractivity contribution is 6.15. The Morgan fingerprint density at radius 2 is 1.52 bits per heavy atom. The minimum absolute atomic E-state index is 0.231.